The van der Waals surface area contributed by atoms with E-state index in [1.165, 1.54) is 19.1 Å². The molecule has 1 nitrogen and oxygen atoms in total. The molecule has 4 heteroatoms. The van der Waals surface area contributed by atoms with E-state index in [1.807, 2.05) is 0 Å². The molecule has 0 saturated carbocycles. The maximum atomic E-state index is 14.4. The van der Waals surface area contributed by atoms with Gasteiger partial charge in [0, 0.05) is 12.1 Å². The first-order valence-electron chi connectivity index (χ1n) is 5.39. The molecule has 1 heterocycles. The molecule has 0 bridgehead atoms. The van der Waals surface area contributed by atoms with E-state index < -0.39 is 17.3 Å². The Balaban J connectivity index is 2.43. The van der Waals surface area contributed by atoms with Gasteiger partial charge < -0.3 is 5.32 Å². The monoisotopic (exact) mass is 229 g/mol. The van der Waals surface area contributed by atoms with Crippen LogP contribution in [0.4, 0.5) is 13.2 Å². The number of halogens is 3. The summed E-state index contributed by atoms with van der Waals surface area (Å²) in [5.41, 5.74) is -1.74. The van der Waals surface area contributed by atoms with E-state index >= 15 is 0 Å². The fraction of sp³-hybridized carbons (Fsp3) is 0.500. The van der Waals surface area contributed by atoms with Crippen molar-refractivity contribution < 1.29 is 13.2 Å². The molecule has 0 amide bonds. The summed E-state index contributed by atoms with van der Waals surface area (Å²) in [6, 6.07) is 2.77. The molecule has 16 heavy (non-hydrogen) atoms. The molecule has 2 rings (SSSR count). The van der Waals surface area contributed by atoms with Crippen molar-refractivity contribution in [3.8, 4) is 0 Å². The zero-order valence-electron chi connectivity index (χ0n) is 9.12. The molecule has 0 spiro atoms. The lowest BCUT2D eigenvalue weighted by atomic mass is 9.87. The molecule has 1 saturated heterocycles. The summed E-state index contributed by atoms with van der Waals surface area (Å²) < 4.78 is 41.4. The average Bonchev–Trinajstić information content (AvgIpc) is 2.27. The van der Waals surface area contributed by atoms with Gasteiger partial charge in [0.1, 0.15) is 0 Å². The number of nitrogens with one attached hydrogen (secondary N) is 1. The third kappa shape index (κ3) is 1.82. The second-order valence-electron chi connectivity index (χ2n) is 4.30. The maximum Gasteiger partial charge on any atom is 0.165 e. The van der Waals surface area contributed by atoms with Crippen LogP contribution in [-0.2, 0) is 5.67 Å². The molecule has 0 aliphatic carbocycles. The summed E-state index contributed by atoms with van der Waals surface area (Å²) in [6.45, 7) is 2.24. The molecular weight excluding hydrogens is 215 g/mol. The fourth-order valence-corrected chi connectivity index (χ4v) is 2.09. The van der Waals surface area contributed by atoms with Gasteiger partial charge in [0.15, 0.2) is 17.3 Å². The average molecular weight is 229 g/mol. The molecule has 1 fully saturated rings. The Labute approximate surface area is 92.7 Å². The first kappa shape index (κ1) is 11.5. The fourth-order valence-electron chi connectivity index (χ4n) is 2.09. The van der Waals surface area contributed by atoms with Crippen LogP contribution in [0.15, 0.2) is 12.1 Å². The molecule has 0 radical (unpaired) electrons. The van der Waals surface area contributed by atoms with Gasteiger partial charge in [-0.25, -0.2) is 13.2 Å². The third-order valence-electron chi connectivity index (χ3n) is 3.09. The number of piperidine rings is 1. The largest absolute Gasteiger partial charge is 0.313 e. The van der Waals surface area contributed by atoms with Crippen LogP contribution in [0.1, 0.15) is 24.0 Å². The highest BCUT2D eigenvalue weighted by molar-refractivity contribution is 5.30. The Morgan fingerprint density at radius 3 is 2.62 bits per heavy atom. The summed E-state index contributed by atoms with van der Waals surface area (Å²) in [5, 5.41) is 2.87. The number of hydrogen-bond acceptors (Lipinski definition) is 1. The minimum absolute atomic E-state index is 0.0480. The normalized spacial score (nSPS) is 25.8. The van der Waals surface area contributed by atoms with Crippen LogP contribution >= 0.6 is 0 Å². The minimum atomic E-state index is -1.78. The first-order valence-corrected chi connectivity index (χ1v) is 5.39. The van der Waals surface area contributed by atoms with Crippen molar-refractivity contribution >= 4 is 0 Å². The van der Waals surface area contributed by atoms with Gasteiger partial charge in [0.25, 0.3) is 0 Å². The van der Waals surface area contributed by atoms with E-state index in [4.69, 9.17) is 0 Å². The van der Waals surface area contributed by atoms with E-state index in [-0.39, 0.29) is 24.1 Å². The van der Waals surface area contributed by atoms with Gasteiger partial charge >= 0.3 is 0 Å². The van der Waals surface area contributed by atoms with E-state index in [9.17, 15) is 13.2 Å². The summed E-state index contributed by atoms with van der Waals surface area (Å²) in [7, 11) is 0. The zero-order chi connectivity index (χ0) is 11.8. The van der Waals surface area contributed by atoms with Crippen LogP contribution < -0.4 is 5.32 Å². The standard InChI is InChI=1S/C12H14F3N/c1-8-3-4-9(11(14)10(8)13)12(15)5-2-6-16-7-12/h3-4,16H,2,5-7H2,1H3. The topological polar surface area (TPSA) is 12.0 Å². The molecule has 1 aliphatic heterocycles. The Morgan fingerprint density at radius 1 is 1.25 bits per heavy atom. The predicted octanol–water partition coefficient (Wildman–Crippen LogP) is 2.82. The molecule has 1 aromatic rings. The molecule has 1 atom stereocenters. The summed E-state index contributed by atoms with van der Waals surface area (Å²) in [5.74, 6) is -1.99. The predicted molar refractivity (Wildman–Crippen MR) is 56.0 cm³/mol. The Hall–Kier alpha value is -1.03. The van der Waals surface area contributed by atoms with Crippen molar-refractivity contribution in [2.75, 3.05) is 13.1 Å². The van der Waals surface area contributed by atoms with E-state index in [1.54, 1.807) is 0 Å². The zero-order valence-corrected chi connectivity index (χ0v) is 9.12. The summed E-state index contributed by atoms with van der Waals surface area (Å²) in [4.78, 5) is 0. The van der Waals surface area contributed by atoms with Crippen LogP contribution in [0.2, 0.25) is 0 Å². The second-order valence-corrected chi connectivity index (χ2v) is 4.30. The van der Waals surface area contributed by atoms with Crippen LogP contribution in [0.5, 0.6) is 0 Å². The number of hydrogen-bond donors (Lipinski definition) is 1. The van der Waals surface area contributed by atoms with Crippen molar-refractivity contribution in [2.45, 2.75) is 25.4 Å². The second kappa shape index (κ2) is 4.09. The van der Waals surface area contributed by atoms with E-state index in [0.29, 0.717) is 6.42 Å². The molecule has 1 N–H and O–H groups in total. The van der Waals surface area contributed by atoms with Crippen molar-refractivity contribution in [1.82, 2.24) is 5.32 Å². The van der Waals surface area contributed by atoms with Crippen molar-refractivity contribution in [3.63, 3.8) is 0 Å². The smallest absolute Gasteiger partial charge is 0.165 e. The van der Waals surface area contributed by atoms with Crippen LogP contribution in [0.3, 0.4) is 0 Å². The van der Waals surface area contributed by atoms with E-state index in [0.717, 1.165) is 6.54 Å². The van der Waals surface area contributed by atoms with Crippen molar-refractivity contribution in [3.05, 3.63) is 34.9 Å². The lowest BCUT2D eigenvalue weighted by Gasteiger charge is -2.31. The van der Waals surface area contributed by atoms with Crippen LogP contribution in [0, 0.1) is 18.6 Å². The highest BCUT2D eigenvalue weighted by Gasteiger charge is 2.37. The van der Waals surface area contributed by atoms with Gasteiger partial charge in [0.2, 0.25) is 0 Å². The molecule has 1 aliphatic rings. The van der Waals surface area contributed by atoms with Gasteiger partial charge in [-0.1, -0.05) is 12.1 Å². The van der Waals surface area contributed by atoms with E-state index in [2.05, 4.69) is 5.32 Å². The quantitative estimate of drug-likeness (QED) is 0.780. The minimum Gasteiger partial charge on any atom is -0.313 e. The SMILES string of the molecule is Cc1ccc(C2(F)CCCNC2)c(F)c1F. The van der Waals surface area contributed by atoms with Crippen LogP contribution in [0.25, 0.3) is 0 Å². The summed E-state index contributed by atoms with van der Waals surface area (Å²) >= 11 is 0. The number of aryl methyl sites for hydroxylation is 1. The maximum absolute atomic E-state index is 14.4. The number of rotatable bonds is 1. The van der Waals surface area contributed by atoms with Crippen molar-refractivity contribution in [1.29, 1.82) is 0 Å². The van der Waals surface area contributed by atoms with Gasteiger partial charge in [-0.05, 0) is 31.9 Å². The lowest BCUT2D eigenvalue weighted by Crippen LogP contribution is -2.40. The molecule has 1 unspecified atom stereocenters. The highest BCUT2D eigenvalue weighted by Crippen LogP contribution is 2.35. The van der Waals surface area contributed by atoms with Gasteiger partial charge in [0.05, 0.1) is 0 Å². The number of alkyl halides is 1. The molecule has 0 aromatic heterocycles. The van der Waals surface area contributed by atoms with Crippen LogP contribution in [-0.4, -0.2) is 13.1 Å². The molecular formula is C12H14F3N. The Bertz CT molecular complexity index is 397. The van der Waals surface area contributed by atoms with Crippen molar-refractivity contribution in [2.24, 2.45) is 0 Å². The highest BCUT2D eigenvalue weighted by atomic mass is 19.2. The Morgan fingerprint density at radius 2 is 2.00 bits per heavy atom. The lowest BCUT2D eigenvalue weighted by molar-refractivity contribution is 0.116. The Kier molecular flexibility index (Phi) is 2.93. The van der Waals surface area contributed by atoms with Gasteiger partial charge in [-0.3, -0.25) is 0 Å². The summed E-state index contributed by atoms with van der Waals surface area (Å²) in [6.07, 6.45) is 0.866. The molecule has 88 valence electrons. The van der Waals surface area contributed by atoms with Gasteiger partial charge in [-0.15, -0.1) is 0 Å². The van der Waals surface area contributed by atoms with Gasteiger partial charge in [-0.2, -0.15) is 0 Å². The molecule has 1 aromatic carbocycles. The number of benzene rings is 1. The first-order chi connectivity index (χ1) is 7.54. The third-order valence-corrected chi connectivity index (χ3v) is 3.09.